The molecule has 1 N–H and O–H groups in total. The molecule has 0 aromatic heterocycles. The summed E-state index contributed by atoms with van der Waals surface area (Å²) >= 11 is 5.22. The standard InChI is InChI=1S/C24H28N2O2S/c27-22(25-16-10-2-1-5-11-19-12-6-3-7-13-19)18-26-21(23(29)24(26)28)17-20-14-8-4-9-15-20/h3-4,6-9,12-15,21H,1-2,5,10-11,16-18H2,(H,25,27). The van der Waals surface area contributed by atoms with Gasteiger partial charge in [0, 0.05) is 6.54 Å². The topological polar surface area (TPSA) is 49.4 Å². The highest BCUT2D eigenvalue weighted by molar-refractivity contribution is 7.82. The summed E-state index contributed by atoms with van der Waals surface area (Å²) in [6, 6.07) is 20.3. The van der Waals surface area contributed by atoms with Crippen LogP contribution in [0.25, 0.3) is 0 Å². The first-order valence-corrected chi connectivity index (χ1v) is 10.8. The predicted octanol–water partition coefficient (Wildman–Crippen LogP) is 3.73. The van der Waals surface area contributed by atoms with Gasteiger partial charge in [-0.15, -0.1) is 0 Å². The van der Waals surface area contributed by atoms with Crippen LogP contribution in [0.4, 0.5) is 0 Å². The highest BCUT2D eigenvalue weighted by Crippen LogP contribution is 2.21. The molecule has 152 valence electrons. The van der Waals surface area contributed by atoms with Crippen molar-refractivity contribution in [3.63, 3.8) is 0 Å². The molecule has 1 heterocycles. The number of rotatable bonds is 11. The Hall–Kier alpha value is -2.53. The monoisotopic (exact) mass is 408 g/mol. The minimum Gasteiger partial charge on any atom is -0.355 e. The Labute approximate surface area is 178 Å². The van der Waals surface area contributed by atoms with Gasteiger partial charge < -0.3 is 10.2 Å². The number of β-lactam (4-membered cyclic amide) rings is 1. The number of thiocarbonyl (C=S) groups is 1. The molecule has 5 heteroatoms. The van der Waals surface area contributed by atoms with Crippen LogP contribution in [0.1, 0.15) is 36.8 Å². The highest BCUT2D eigenvalue weighted by atomic mass is 32.1. The molecule has 1 fully saturated rings. The van der Waals surface area contributed by atoms with E-state index in [1.807, 2.05) is 36.4 Å². The summed E-state index contributed by atoms with van der Waals surface area (Å²) in [5.41, 5.74) is 2.50. The van der Waals surface area contributed by atoms with E-state index in [4.69, 9.17) is 12.2 Å². The molecular weight excluding hydrogens is 380 g/mol. The van der Waals surface area contributed by atoms with Crippen molar-refractivity contribution in [2.45, 2.75) is 44.6 Å². The third kappa shape index (κ3) is 6.23. The van der Waals surface area contributed by atoms with Crippen LogP contribution in [0, 0.1) is 0 Å². The van der Waals surface area contributed by atoms with Crippen LogP contribution in [0.5, 0.6) is 0 Å². The smallest absolute Gasteiger partial charge is 0.263 e. The van der Waals surface area contributed by atoms with Gasteiger partial charge in [0.05, 0.1) is 6.04 Å². The van der Waals surface area contributed by atoms with Crippen molar-refractivity contribution < 1.29 is 9.59 Å². The van der Waals surface area contributed by atoms with Gasteiger partial charge >= 0.3 is 0 Å². The lowest BCUT2D eigenvalue weighted by atomic mass is 9.94. The molecule has 3 rings (SSSR count). The molecule has 1 aliphatic rings. The van der Waals surface area contributed by atoms with Crippen molar-refractivity contribution in [1.82, 2.24) is 10.2 Å². The Morgan fingerprint density at radius 2 is 1.52 bits per heavy atom. The molecule has 1 aliphatic heterocycles. The van der Waals surface area contributed by atoms with Gasteiger partial charge in [-0.25, -0.2) is 0 Å². The van der Waals surface area contributed by atoms with Gasteiger partial charge in [-0.1, -0.05) is 85.7 Å². The number of nitrogens with one attached hydrogen (secondary N) is 1. The summed E-state index contributed by atoms with van der Waals surface area (Å²) in [5.74, 6) is -0.291. The number of carbonyl (C=O) groups excluding carboxylic acids is 2. The zero-order chi connectivity index (χ0) is 20.5. The van der Waals surface area contributed by atoms with Crippen molar-refractivity contribution in [2.75, 3.05) is 13.1 Å². The van der Waals surface area contributed by atoms with Crippen LogP contribution in [0.3, 0.4) is 0 Å². The summed E-state index contributed by atoms with van der Waals surface area (Å²) in [4.78, 5) is 26.3. The number of likely N-dealkylation sites (tertiary alicyclic amines) is 1. The number of nitrogens with zero attached hydrogens (tertiary/aromatic N) is 1. The lowest BCUT2D eigenvalue weighted by Crippen LogP contribution is -2.63. The van der Waals surface area contributed by atoms with Crippen LogP contribution < -0.4 is 5.32 Å². The molecule has 0 radical (unpaired) electrons. The number of amides is 2. The summed E-state index contributed by atoms with van der Waals surface area (Å²) in [5, 5.41) is 2.93. The Morgan fingerprint density at radius 3 is 2.21 bits per heavy atom. The predicted molar refractivity (Wildman–Crippen MR) is 120 cm³/mol. The van der Waals surface area contributed by atoms with Crippen molar-refractivity contribution in [3.8, 4) is 0 Å². The fourth-order valence-electron chi connectivity index (χ4n) is 3.61. The van der Waals surface area contributed by atoms with Crippen LogP contribution in [0.2, 0.25) is 0 Å². The molecule has 1 unspecified atom stereocenters. The molecule has 1 saturated heterocycles. The molecule has 1 atom stereocenters. The van der Waals surface area contributed by atoms with Gasteiger partial charge in [0.15, 0.2) is 0 Å². The second kappa shape index (κ2) is 10.9. The Balaban J connectivity index is 1.30. The van der Waals surface area contributed by atoms with E-state index in [1.54, 1.807) is 4.90 Å². The Bertz CT molecular complexity index is 823. The van der Waals surface area contributed by atoms with Gasteiger partial charge in [0.2, 0.25) is 5.91 Å². The van der Waals surface area contributed by atoms with Crippen LogP contribution in [-0.2, 0) is 22.4 Å². The fraction of sp³-hybridized carbons (Fsp3) is 0.375. The summed E-state index contributed by atoms with van der Waals surface area (Å²) in [7, 11) is 0. The van der Waals surface area contributed by atoms with E-state index in [0.717, 1.165) is 31.2 Å². The number of hydrogen-bond donors (Lipinski definition) is 1. The molecule has 0 saturated carbocycles. The molecule has 29 heavy (non-hydrogen) atoms. The molecule has 0 bridgehead atoms. The Morgan fingerprint density at radius 1 is 0.897 bits per heavy atom. The van der Waals surface area contributed by atoms with Crippen LogP contribution >= 0.6 is 12.2 Å². The van der Waals surface area contributed by atoms with Gasteiger partial charge in [-0.3, -0.25) is 9.59 Å². The summed E-state index contributed by atoms with van der Waals surface area (Å²) < 4.78 is 0. The fourth-order valence-corrected chi connectivity index (χ4v) is 3.94. The van der Waals surface area contributed by atoms with Crippen molar-refractivity contribution in [1.29, 1.82) is 0 Å². The lowest BCUT2D eigenvalue weighted by Gasteiger charge is -2.40. The summed E-state index contributed by atoms with van der Waals surface area (Å²) in [6.07, 6.45) is 6.14. The maximum absolute atomic E-state index is 12.2. The van der Waals surface area contributed by atoms with E-state index in [9.17, 15) is 9.59 Å². The maximum atomic E-state index is 12.2. The third-order valence-corrected chi connectivity index (χ3v) is 5.74. The van der Waals surface area contributed by atoms with Gasteiger partial charge in [-0.2, -0.15) is 0 Å². The van der Waals surface area contributed by atoms with E-state index in [0.29, 0.717) is 17.8 Å². The molecular formula is C24H28N2O2S. The van der Waals surface area contributed by atoms with Crippen LogP contribution in [0.15, 0.2) is 60.7 Å². The molecule has 2 amide bonds. The van der Waals surface area contributed by atoms with Crippen molar-refractivity contribution in [3.05, 3.63) is 71.8 Å². The maximum Gasteiger partial charge on any atom is 0.263 e. The first kappa shape index (κ1) is 21.2. The first-order valence-electron chi connectivity index (χ1n) is 10.3. The van der Waals surface area contributed by atoms with Crippen LogP contribution in [-0.4, -0.2) is 40.7 Å². The van der Waals surface area contributed by atoms with Gasteiger partial charge in [-0.05, 0) is 36.8 Å². The molecule has 4 nitrogen and oxygen atoms in total. The highest BCUT2D eigenvalue weighted by Gasteiger charge is 2.42. The normalized spacial score (nSPS) is 15.9. The molecule has 2 aromatic rings. The third-order valence-electron chi connectivity index (χ3n) is 5.29. The molecule has 2 aromatic carbocycles. The second-order valence-corrected chi connectivity index (χ2v) is 7.94. The quantitative estimate of drug-likeness (QED) is 0.350. The van der Waals surface area contributed by atoms with E-state index < -0.39 is 0 Å². The number of carbonyl (C=O) groups is 2. The number of aryl methyl sites for hydroxylation is 1. The lowest BCUT2D eigenvalue weighted by molar-refractivity contribution is -0.135. The zero-order valence-corrected chi connectivity index (χ0v) is 17.5. The van der Waals surface area contributed by atoms with E-state index in [-0.39, 0.29) is 24.4 Å². The average molecular weight is 409 g/mol. The second-order valence-electron chi connectivity index (χ2n) is 7.50. The number of hydrogen-bond acceptors (Lipinski definition) is 3. The molecule has 0 aliphatic carbocycles. The SMILES string of the molecule is O=C(CN1C(=O)C(=S)C1Cc1ccccc1)NCCCCCCc1ccccc1. The van der Waals surface area contributed by atoms with Gasteiger partial charge in [0.25, 0.3) is 5.91 Å². The van der Waals surface area contributed by atoms with Crippen molar-refractivity contribution in [2.24, 2.45) is 0 Å². The minimum atomic E-state index is -0.183. The number of unbranched alkanes of at least 4 members (excludes halogenated alkanes) is 3. The van der Waals surface area contributed by atoms with E-state index in [2.05, 4.69) is 29.6 Å². The van der Waals surface area contributed by atoms with E-state index >= 15 is 0 Å². The molecule has 0 spiro atoms. The summed E-state index contributed by atoms with van der Waals surface area (Å²) in [6.45, 7) is 0.741. The number of benzene rings is 2. The first-order chi connectivity index (χ1) is 14.1. The van der Waals surface area contributed by atoms with Gasteiger partial charge in [0.1, 0.15) is 11.4 Å². The van der Waals surface area contributed by atoms with E-state index in [1.165, 1.54) is 12.0 Å². The largest absolute Gasteiger partial charge is 0.355 e. The average Bonchev–Trinajstić information content (AvgIpc) is 2.76. The Kier molecular flexibility index (Phi) is 7.94. The van der Waals surface area contributed by atoms with Crippen molar-refractivity contribution >= 4 is 28.9 Å². The zero-order valence-electron chi connectivity index (χ0n) is 16.7. The minimum absolute atomic E-state index is 0.0878.